The molecule has 134 valence electrons. The zero-order chi connectivity index (χ0) is 16.3. The minimum atomic E-state index is -0.0442. The van der Waals surface area contributed by atoms with Gasteiger partial charge in [-0.2, -0.15) is 0 Å². The summed E-state index contributed by atoms with van der Waals surface area (Å²) in [5, 5.41) is 9.11. The average Bonchev–Trinajstić information content (AvgIpc) is 2.57. The molecule has 1 heterocycles. The summed E-state index contributed by atoms with van der Waals surface area (Å²) in [5.41, 5.74) is 0.982. The molecular formula is C18H28ClN3O2. The highest BCUT2D eigenvalue weighted by molar-refractivity contribution is 5.85. The Labute approximate surface area is 150 Å². The molecule has 5 nitrogen and oxygen atoms in total. The Morgan fingerprint density at radius 1 is 1.08 bits per heavy atom. The van der Waals surface area contributed by atoms with Crippen LogP contribution in [-0.4, -0.2) is 38.0 Å². The lowest BCUT2D eigenvalue weighted by molar-refractivity contribution is -0.122. The van der Waals surface area contributed by atoms with Crippen LogP contribution in [0.4, 0.5) is 0 Å². The van der Waals surface area contributed by atoms with Crippen LogP contribution in [-0.2, 0) is 16.0 Å². The van der Waals surface area contributed by atoms with Crippen LogP contribution in [0.2, 0.25) is 0 Å². The summed E-state index contributed by atoms with van der Waals surface area (Å²) in [6, 6.07) is 9.60. The minimum absolute atomic E-state index is 0. The van der Waals surface area contributed by atoms with E-state index in [1.54, 1.807) is 0 Å². The van der Waals surface area contributed by atoms with Crippen LogP contribution in [0.5, 0.6) is 0 Å². The number of piperidine rings is 1. The number of halogens is 1. The van der Waals surface area contributed by atoms with Gasteiger partial charge in [0.1, 0.15) is 0 Å². The fourth-order valence-electron chi connectivity index (χ4n) is 2.83. The molecule has 1 atom stereocenters. The zero-order valence-corrected chi connectivity index (χ0v) is 14.9. The Morgan fingerprint density at radius 3 is 2.54 bits per heavy atom. The van der Waals surface area contributed by atoms with Crippen LogP contribution < -0.4 is 16.0 Å². The summed E-state index contributed by atoms with van der Waals surface area (Å²) >= 11 is 0. The van der Waals surface area contributed by atoms with Gasteiger partial charge in [0.2, 0.25) is 11.8 Å². The second kappa shape index (κ2) is 11.9. The van der Waals surface area contributed by atoms with Crippen LogP contribution >= 0.6 is 12.4 Å². The molecule has 2 amide bonds. The third-order valence-electron chi connectivity index (χ3n) is 4.16. The van der Waals surface area contributed by atoms with Gasteiger partial charge in [0.05, 0.1) is 6.42 Å². The number of rotatable bonds is 8. The average molecular weight is 354 g/mol. The van der Waals surface area contributed by atoms with E-state index >= 15 is 0 Å². The normalized spacial score (nSPS) is 16.8. The maximum atomic E-state index is 11.8. The van der Waals surface area contributed by atoms with E-state index < -0.39 is 0 Å². The topological polar surface area (TPSA) is 70.2 Å². The van der Waals surface area contributed by atoms with Crippen LogP contribution in [0.25, 0.3) is 0 Å². The Bertz CT molecular complexity index is 490. The summed E-state index contributed by atoms with van der Waals surface area (Å²) < 4.78 is 0. The maximum absolute atomic E-state index is 11.8. The van der Waals surface area contributed by atoms with Crippen molar-refractivity contribution in [3.8, 4) is 0 Å². The first-order valence-electron chi connectivity index (χ1n) is 8.52. The number of nitrogens with one attached hydrogen (secondary N) is 3. The first-order chi connectivity index (χ1) is 11.2. The lowest BCUT2D eigenvalue weighted by atomic mass is 9.96. The molecule has 0 radical (unpaired) electrons. The van der Waals surface area contributed by atoms with Gasteiger partial charge in [-0.25, -0.2) is 0 Å². The van der Waals surface area contributed by atoms with Crippen LogP contribution in [0.1, 0.15) is 31.2 Å². The Morgan fingerprint density at radius 2 is 1.83 bits per heavy atom. The first kappa shape index (κ1) is 20.5. The lowest BCUT2D eigenvalue weighted by Gasteiger charge is -2.22. The molecule has 1 saturated heterocycles. The Hall–Kier alpha value is -1.59. The fourth-order valence-corrected chi connectivity index (χ4v) is 2.83. The van der Waals surface area contributed by atoms with E-state index in [4.69, 9.17) is 0 Å². The molecule has 24 heavy (non-hydrogen) atoms. The van der Waals surface area contributed by atoms with Crippen molar-refractivity contribution in [2.24, 2.45) is 5.92 Å². The number of carbonyl (C=O) groups is 2. The molecule has 1 aromatic carbocycles. The molecule has 0 saturated carbocycles. The number of hydrogen-bond acceptors (Lipinski definition) is 3. The van der Waals surface area contributed by atoms with E-state index in [1.165, 1.54) is 12.8 Å². The van der Waals surface area contributed by atoms with Gasteiger partial charge in [0, 0.05) is 19.5 Å². The largest absolute Gasteiger partial charge is 0.356 e. The summed E-state index contributed by atoms with van der Waals surface area (Å²) in [5.74, 6) is 0.640. The molecule has 3 N–H and O–H groups in total. The third kappa shape index (κ3) is 8.31. The Balaban J connectivity index is 0.00000288. The van der Waals surface area contributed by atoms with Crippen molar-refractivity contribution in [3.05, 3.63) is 35.9 Å². The van der Waals surface area contributed by atoms with Crippen molar-refractivity contribution in [3.63, 3.8) is 0 Å². The standard InChI is InChI=1S/C18H27N3O2.ClH/c22-17(20-11-8-16-7-4-10-19-14-16)9-12-21-18(23)13-15-5-2-1-3-6-15;/h1-3,5-6,16,19H,4,7-14H2,(H,20,22)(H,21,23);1H. The van der Waals surface area contributed by atoms with E-state index in [2.05, 4.69) is 16.0 Å². The molecule has 1 aliphatic rings. The molecule has 2 rings (SSSR count). The van der Waals surface area contributed by atoms with Gasteiger partial charge >= 0.3 is 0 Å². The molecule has 1 aromatic rings. The first-order valence-corrected chi connectivity index (χ1v) is 8.52. The van der Waals surface area contributed by atoms with Crippen molar-refractivity contribution >= 4 is 24.2 Å². The molecular weight excluding hydrogens is 326 g/mol. The number of hydrogen-bond donors (Lipinski definition) is 3. The van der Waals surface area contributed by atoms with Crippen molar-refractivity contribution < 1.29 is 9.59 Å². The van der Waals surface area contributed by atoms with Gasteiger partial charge < -0.3 is 16.0 Å². The van der Waals surface area contributed by atoms with Gasteiger partial charge in [-0.15, -0.1) is 12.4 Å². The van der Waals surface area contributed by atoms with E-state index in [9.17, 15) is 9.59 Å². The van der Waals surface area contributed by atoms with Gasteiger partial charge in [-0.05, 0) is 43.8 Å². The summed E-state index contributed by atoms with van der Waals surface area (Å²) in [6.07, 6.45) is 4.20. The molecule has 1 fully saturated rings. The number of amides is 2. The predicted molar refractivity (Wildman–Crippen MR) is 98.2 cm³/mol. The van der Waals surface area contributed by atoms with E-state index in [0.29, 0.717) is 25.3 Å². The molecule has 0 aromatic heterocycles. The molecule has 0 bridgehead atoms. The van der Waals surface area contributed by atoms with E-state index in [-0.39, 0.29) is 24.2 Å². The minimum Gasteiger partial charge on any atom is -0.356 e. The second-order valence-electron chi connectivity index (χ2n) is 6.11. The zero-order valence-electron chi connectivity index (χ0n) is 14.1. The summed E-state index contributed by atoms with van der Waals surface area (Å²) in [4.78, 5) is 23.5. The van der Waals surface area contributed by atoms with Crippen molar-refractivity contribution in [1.82, 2.24) is 16.0 Å². The summed E-state index contributed by atoms with van der Waals surface area (Å²) in [6.45, 7) is 3.29. The van der Waals surface area contributed by atoms with Gasteiger partial charge in [-0.3, -0.25) is 9.59 Å². The van der Waals surface area contributed by atoms with Gasteiger partial charge in [0.15, 0.2) is 0 Å². The maximum Gasteiger partial charge on any atom is 0.224 e. The molecule has 1 unspecified atom stereocenters. The van der Waals surface area contributed by atoms with Crippen molar-refractivity contribution in [1.29, 1.82) is 0 Å². The Kier molecular flexibility index (Phi) is 10.1. The van der Waals surface area contributed by atoms with Crippen LogP contribution in [0.15, 0.2) is 30.3 Å². The number of benzene rings is 1. The fraction of sp³-hybridized carbons (Fsp3) is 0.556. The third-order valence-corrected chi connectivity index (χ3v) is 4.16. The van der Waals surface area contributed by atoms with Crippen molar-refractivity contribution in [2.45, 2.75) is 32.1 Å². The molecule has 1 aliphatic heterocycles. The number of carbonyl (C=O) groups excluding carboxylic acids is 2. The monoisotopic (exact) mass is 353 g/mol. The highest BCUT2D eigenvalue weighted by Gasteiger charge is 2.12. The smallest absolute Gasteiger partial charge is 0.224 e. The quantitative estimate of drug-likeness (QED) is 0.665. The SMILES string of the molecule is Cl.O=C(CCNC(=O)Cc1ccccc1)NCCC1CCCNC1. The molecule has 0 spiro atoms. The van der Waals surface area contributed by atoms with Gasteiger partial charge in [0.25, 0.3) is 0 Å². The summed E-state index contributed by atoms with van der Waals surface area (Å²) in [7, 11) is 0. The second-order valence-corrected chi connectivity index (χ2v) is 6.11. The van der Waals surface area contributed by atoms with Crippen molar-refractivity contribution in [2.75, 3.05) is 26.2 Å². The highest BCUT2D eigenvalue weighted by Crippen LogP contribution is 2.12. The highest BCUT2D eigenvalue weighted by atomic mass is 35.5. The molecule has 0 aliphatic carbocycles. The van der Waals surface area contributed by atoms with E-state index in [0.717, 1.165) is 31.6 Å². The van der Waals surface area contributed by atoms with Crippen LogP contribution in [0, 0.1) is 5.92 Å². The van der Waals surface area contributed by atoms with E-state index in [1.807, 2.05) is 30.3 Å². The van der Waals surface area contributed by atoms with Gasteiger partial charge in [-0.1, -0.05) is 30.3 Å². The molecule has 6 heteroatoms. The lowest BCUT2D eigenvalue weighted by Crippen LogP contribution is -2.34. The predicted octanol–water partition coefficient (Wildman–Crippen LogP) is 1.66. The van der Waals surface area contributed by atoms with Crippen LogP contribution in [0.3, 0.4) is 0 Å².